The van der Waals surface area contributed by atoms with E-state index >= 15 is 0 Å². The molecule has 2 atom stereocenters. The molecule has 0 saturated carbocycles. The number of rotatable bonds is 6. The lowest BCUT2D eigenvalue weighted by molar-refractivity contribution is -0.121. The van der Waals surface area contributed by atoms with Crippen LogP contribution in [0.5, 0.6) is 0 Å². The molecule has 0 heterocycles. The molecule has 0 aliphatic heterocycles. The SMILES string of the molecule is CC(=O)C(CCO)CC(C)CO. The normalized spacial score (nSPS) is 15.7. The molecule has 0 aliphatic carbocycles. The summed E-state index contributed by atoms with van der Waals surface area (Å²) in [4.78, 5) is 11.0. The maximum absolute atomic E-state index is 11.0. The lowest BCUT2D eigenvalue weighted by Crippen LogP contribution is -2.17. The highest BCUT2D eigenvalue weighted by molar-refractivity contribution is 5.78. The number of carbonyl (C=O) groups is 1. The molecule has 0 spiro atoms. The van der Waals surface area contributed by atoms with Gasteiger partial charge in [-0.15, -0.1) is 0 Å². The molecule has 0 saturated heterocycles. The van der Waals surface area contributed by atoms with E-state index in [2.05, 4.69) is 0 Å². The molecule has 0 radical (unpaired) electrons. The molecule has 2 N–H and O–H groups in total. The molecule has 0 aromatic heterocycles. The fourth-order valence-electron chi connectivity index (χ4n) is 1.20. The molecule has 0 fully saturated rings. The van der Waals surface area contributed by atoms with Gasteiger partial charge in [-0.3, -0.25) is 4.79 Å². The summed E-state index contributed by atoms with van der Waals surface area (Å²) >= 11 is 0. The van der Waals surface area contributed by atoms with Crippen molar-refractivity contribution >= 4 is 5.78 Å². The minimum atomic E-state index is -0.0860. The Morgan fingerprint density at radius 3 is 2.33 bits per heavy atom. The van der Waals surface area contributed by atoms with E-state index in [1.807, 2.05) is 6.92 Å². The molecule has 0 aromatic rings. The van der Waals surface area contributed by atoms with Crippen molar-refractivity contribution in [1.82, 2.24) is 0 Å². The second kappa shape index (κ2) is 6.14. The van der Waals surface area contributed by atoms with E-state index < -0.39 is 0 Å². The predicted molar refractivity (Wildman–Crippen MR) is 46.7 cm³/mol. The van der Waals surface area contributed by atoms with Crippen LogP contribution >= 0.6 is 0 Å². The van der Waals surface area contributed by atoms with Crippen molar-refractivity contribution in [3.8, 4) is 0 Å². The third kappa shape index (κ3) is 4.46. The van der Waals surface area contributed by atoms with Crippen LogP contribution in [0, 0.1) is 11.8 Å². The first-order valence-corrected chi connectivity index (χ1v) is 4.34. The van der Waals surface area contributed by atoms with Crippen molar-refractivity contribution in [2.75, 3.05) is 13.2 Å². The van der Waals surface area contributed by atoms with Crippen molar-refractivity contribution < 1.29 is 15.0 Å². The molecule has 12 heavy (non-hydrogen) atoms. The van der Waals surface area contributed by atoms with Gasteiger partial charge in [0.25, 0.3) is 0 Å². The van der Waals surface area contributed by atoms with E-state index in [9.17, 15) is 4.79 Å². The number of ketones is 1. The summed E-state index contributed by atoms with van der Waals surface area (Å²) < 4.78 is 0. The number of carbonyl (C=O) groups excluding carboxylic acids is 1. The summed E-state index contributed by atoms with van der Waals surface area (Å²) in [5.41, 5.74) is 0. The van der Waals surface area contributed by atoms with Gasteiger partial charge in [0, 0.05) is 19.1 Å². The van der Waals surface area contributed by atoms with Crippen LogP contribution in [-0.2, 0) is 4.79 Å². The Labute approximate surface area is 73.4 Å². The highest BCUT2D eigenvalue weighted by Crippen LogP contribution is 2.15. The Morgan fingerprint density at radius 2 is 2.00 bits per heavy atom. The average molecular weight is 174 g/mol. The minimum absolute atomic E-state index is 0.0440. The standard InChI is InChI=1S/C9H18O3/c1-7(6-11)5-9(3-4-10)8(2)12/h7,9-11H,3-6H2,1-2H3. The second-order valence-electron chi connectivity index (χ2n) is 3.34. The fourth-order valence-corrected chi connectivity index (χ4v) is 1.20. The first-order valence-electron chi connectivity index (χ1n) is 4.34. The van der Waals surface area contributed by atoms with Gasteiger partial charge in [-0.05, 0) is 25.7 Å². The third-order valence-electron chi connectivity index (χ3n) is 2.05. The first kappa shape index (κ1) is 11.6. The molecule has 72 valence electrons. The maximum atomic E-state index is 11.0. The number of Topliss-reactive ketones (excluding diaryl/α,β-unsaturated/α-hetero) is 1. The topological polar surface area (TPSA) is 57.5 Å². The molecule has 0 amide bonds. The van der Waals surface area contributed by atoms with Gasteiger partial charge in [-0.2, -0.15) is 0 Å². The van der Waals surface area contributed by atoms with Gasteiger partial charge in [-0.1, -0.05) is 6.92 Å². The molecule has 3 nitrogen and oxygen atoms in total. The molecule has 2 unspecified atom stereocenters. The minimum Gasteiger partial charge on any atom is -0.396 e. The molecule has 0 aromatic carbocycles. The van der Waals surface area contributed by atoms with Crippen LogP contribution in [0.2, 0.25) is 0 Å². The van der Waals surface area contributed by atoms with E-state index in [1.54, 1.807) is 0 Å². The molecule has 3 heteroatoms. The Balaban J connectivity index is 3.86. The van der Waals surface area contributed by atoms with Gasteiger partial charge < -0.3 is 10.2 Å². The van der Waals surface area contributed by atoms with Gasteiger partial charge in [0.05, 0.1) is 0 Å². The smallest absolute Gasteiger partial charge is 0.133 e. The molecule has 0 bridgehead atoms. The lowest BCUT2D eigenvalue weighted by Gasteiger charge is -2.15. The summed E-state index contributed by atoms with van der Waals surface area (Å²) in [6.45, 7) is 3.58. The zero-order valence-corrected chi connectivity index (χ0v) is 7.79. The number of aliphatic hydroxyl groups excluding tert-OH is 2. The van der Waals surface area contributed by atoms with Gasteiger partial charge in [-0.25, -0.2) is 0 Å². The van der Waals surface area contributed by atoms with Crippen LogP contribution in [0.25, 0.3) is 0 Å². The summed E-state index contributed by atoms with van der Waals surface area (Å²) in [6.07, 6.45) is 1.19. The summed E-state index contributed by atoms with van der Waals surface area (Å²) in [7, 11) is 0. The van der Waals surface area contributed by atoms with Gasteiger partial charge in [0.15, 0.2) is 0 Å². The van der Waals surface area contributed by atoms with Crippen molar-refractivity contribution in [3.63, 3.8) is 0 Å². The van der Waals surface area contributed by atoms with E-state index in [4.69, 9.17) is 10.2 Å². The van der Waals surface area contributed by atoms with Crippen LogP contribution in [0.1, 0.15) is 26.7 Å². The highest BCUT2D eigenvalue weighted by Gasteiger charge is 2.16. The third-order valence-corrected chi connectivity index (χ3v) is 2.05. The summed E-state index contributed by atoms with van der Waals surface area (Å²) in [5.74, 6) is 0.159. The van der Waals surface area contributed by atoms with E-state index in [-0.39, 0.29) is 30.8 Å². The van der Waals surface area contributed by atoms with Crippen LogP contribution in [0.15, 0.2) is 0 Å². The first-order chi connectivity index (χ1) is 5.61. The van der Waals surface area contributed by atoms with E-state index in [1.165, 1.54) is 6.92 Å². The largest absolute Gasteiger partial charge is 0.396 e. The monoisotopic (exact) mass is 174 g/mol. The quantitative estimate of drug-likeness (QED) is 0.619. The van der Waals surface area contributed by atoms with Crippen molar-refractivity contribution in [2.45, 2.75) is 26.7 Å². The van der Waals surface area contributed by atoms with Crippen molar-refractivity contribution in [1.29, 1.82) is 0 Å². The Bertz CT molecular complexity index is 134. The van der Waals surface area contributed by atoms with Crippen LogP contribution in [-0.4, -0.2) is 29.2 Å². The number of aliphatic hydroxyl groups is 2. The van der Waals surface area contributed by atoms with Gasteiger partial charge in [0.1, 0.15) is 5.78 Å². The Morgan fingerprint density at radius 1 is 1.42 bits per heavy atom. The van der Waals surface area contributed by atoms with E-state index in [0.717, 1.165) is 0 Å². The van der Waals surface area contributed by atoms with Crippen LogP contribution < -0.4 is 0 Å². The molecular weight excluding hydrogens is 156 g/mol. The number of hydrogen-bond acceptors (Lipinski definition) is 3. The van der Waals surface area contributed by atoms with Crippen molar-refractivity contribution in [3.05, 3.63) is 0 Å². The van der Waals surface area contributed by atoms with E-state index in [0.29, 0.717) is 12.8 Å². The zero-order valence-electron chi connectivity index (χ0n) is 7.79. The molecule has 0 rings (SSSR count). The maximum Gasteiger partial charge on any atom is 0.133 e. The van der Waals surface area contributed by atoms with Crippen LogP contribution in [0.3, 0.4) is 0 Å². The van der Waals surface area contributed by atoms with Gasteiger partial charge >= 0.3 is 0 Å². The van der Waals surface area contributed by atoms with Gasteiger partial charge in [0.2, 0.25) is 0 Å². The molecular formula is C9H18O3. The van der Waals surface area contributed by atoms with Crippen molar-refractivity contribution in [2.24, 2.45) is 11.8 Å². The van der Waals surface area contributed by atoms with Crippen LogP contribution in [0.4, 0.5) is 0 Å². The summed E-state index contributed by atoms with van der Waals surface area (Å²) in [5, 5.41) is 17.4. The predicted octanol–water partition coefficient (Wildman–Crippen LogP) is 0.593. The lowest BCUT2D eigenvalue weighted by atomic mass is 9.91. The second-order valence-corrected chi connectivity index (χ2v) is 3.34. The Hall–Kier alpha value is -0.410. The Kier molecular flexibility index (Phi) is 5.93. The fraction of sp³-hybridized carbons (Fsp3) is 0.889. The number of hydrogen-bond donors (Lipinski definition) is 2. The molecule has 0 aliphatic rings. The summed E-state index contributed by atoms with van der Waals surface area (Å²) in [6, 6.07) is 0. The average Bonchev–Trinajstić information content (AvgIpc) is 2.03. The zero-order chi connectivity index (χ0) is 9.56. The highest BCUT2D eigenvalue weighted by atomic mass is 16.3.